The van der Waals surface area contributed by atoms with Crippen molar-refractivity contribution in [3.63, 3.8) is 0 Å². The van der Waals surface area contributed by atoms with Crippen molar-refractivity contribution in [3.05, 3.63) is 0 Å². The number of hydrogen-bond acceptors (Lipinski definition) is 4. The second kappa shape index (κ2) is 3.43. The molecule has 0 radical (unpaired) electrons. The van der Waals surface area contributed by atoms with Crippen LogP contribution in [0.15, 0.2) is 5.16 Å². The minimum Gasteiger partial charge on any atom is -0.398 e. The van der Waals surface area contributed by atoms with E-state index in [0.29, 0.717) is 0 Å². The largest absolute Gasteiger partial charge is 0.398 e. The molecule has 0 aliphatic rings. The van der Waals surface area contributed by atoms with Crippen molar-refractivity contribution in [2.45, 2.75) is 0 Å². The van der Waals surface area contributed by atoms with Gasteiger partial charge in [0.1, 0.15) is 13.2 Å². The van der Waals surface area contributed by atoms with Crippen LogP contribution in [0.5, 0.6) is 0 Å². The summed E-state index contributed by atoms with van der Waals surface area (Å²) in [7, 11) is 1.28. The molecule has 0 saturated carbocycles. The maximum atomic E-state index is 8.15. The third kappa shape index (κ3) is 2.29. The number of hydrogen-bond donors (Lipinski definition) is 2. The molecule has 0 heterocycles. The first-order chi connectivity index (χ1) is 4.22. The van der Waals surface area contributed by atoms with Crippen LogP contribution >= 0.6 is 0 Å². The molecule has 0 aromatic carbocycles. The van der Waals surface area contributed by atoms with Gasteiger partial charge in [-0.2, -0.15) is 5.26 Å². The standard InChI is InChI=1S/C4H6N4O/c1-9-8-3(2-5)4(6)7/h1H3,(H3,6,7)/b8-3-. The number of rotatable bonds is 2. The fourth-order valence-corrected chi connectivity index (χ4v) is 0.221. The summed E-state index contributed by atoms with van der Waals surface area (Å²) in [4.78, 5) is 4.20. The highest BCUT2D eigenvalue weighted by molar-refractivity contribution is 6.45. The normalized spacial score (nSPS) is 10.0. The summed E-state index contributed by atoms with van der Waals surface area (Å²) < 4.78 is 0. The van der Waals surface area contributed by atoms with Crippen LogP contribution in [-0.4, -0.2) is 18.7 Å². The SMILES string of the molecule is CO/N=C(/C#N)C(=N)N. The van der Waals surface area contributed by atoms with Gasteiger partial charge in [0, 0.05) is 0 Å². The molecule has 9 heavy (non-hydrogen) atoms. The van der Waals surface area contributed by atoms with Crippen molar-refractivity contribution in [2.24, 2.45) is 10.9 Å². The Morgan fingerprint density at radius 2 is 2.44 bits per heavy atom. The van der Waals surface area contributed by atoms with Gasteiger partial charge >= 0.3 is 0 Å². The quantitative estimate of drug-likeness (QED) is 0.295. The van der Waals surface area contributed by atoms with E-state index in [1.807, 2.05) is 0 Å². The van der Waals surface area contributed by atoms with Crippen LogP contribution in [0.2, 0.25) is 0 Å². The molecule has 0 amide bonds. The Kier molecular flexibility index (Phi) is 2.84. The molecule has 0 unspecified atom stereocenters. The van der Waals surface area contributed by atoms with Gasteiger partial charge in [0.15, 0.2) is 5.84 Å². The summed E-state index contributed by atoms with van der Waals surface area (Å²) >= 11 is 0. The highest BCUT2D eigenvalue weighted by Crippen LogP contribution is 1.75. The van der Waals surface area contributed by atoms with Crippen molar-refractivity contribution < 1.29 is 4.84 Å². The molecule has 48 valence electrons. The van der Waals surface area contributed by atoms with Crippen LogP contribution in [0.4, 0.5) is 0 Å². The van der Waals surface area contributed by atoms with E-state index in [2.05, 4.69) is 9.99 Å². The molecule has 0 aliphatic carbocycles. The van der Waals surface area contributed by atoms with Gasteiger partial charge in [-0.05, 0) is 0 Å². The number of oxime groups is 1. The smallest absolute Gasteiger partial charge is 0.220 e. The van der Waals surface area contributed by atoms with Crippen LogP contribution < -0.4 is 5.73 Å². The Labute approximate surface area is 52.2 Å². The van der Waals surface area contributed by atoms with Gasteiger partial charge in [0.05, 0.1) is 0 Å². The van der Waals surface area contributed by atoms with Gasteiger partial charge < -0.3 is 10.6 Å². The third-order valence-electron chi connectivity index (χ3n) is 0.544. The molecule has 0 atom stereocenters. The Hall–Kier alpha value is -1.57. The summed E-state index contributed by atoms with van der Waals surface area (Å²) in [5, 5.41) is 18.0. The Morgan fingerprint density at radius 3 is 2.56 bits per heavy atom. The molecule has 5 heteroatoms. The minimum atomic E-state index is -0.389. The van der Waals surface area contributed by atoms with Crippen molar-refractivity contribution >= 4 is 11.5 Å². The van der Waals surface area contributed by atoms with E-state index in [4.69, 9.17) is 16.4 Å². The van der Waals surface area contributed by atoms with Crippen LogP contribution in [0.25, 0.3) is 0 Å². The van der Waals surface area contributed by atoms with Crippen molar-refractivity contribution in [1.29, 1.82) is 10.7 Å². The molecule has 0 aromatic rings. The van der Waals surface area contributed by atoms with E-state index in [1.54, 1.807) is 6.07 Å². The van der Waals surface area contributed by atoms with Crippen LogP contribution in [0.1, 0.15) is 0 Å². The lowest BCUT2D eigenvalue weighted by atomic mass is 10.4. The van der Waals surface area contributed by atoms with Crippen LogP contribution in [-0.2, 0) is 4.84 Å². The molecule has 0 fully saturated rings. The van der Waals surface area contributed by atoms with E-state index in [9.17, 15) is 0 Å². The van der Waals surface area contributed by atoms with E-state index in [1.165, 1.54) is 7.11 Å². The maximum Gasteiger partial charge on any atom is 0.220 e. The van der Waals surface area contributed by atoms with Gasteiger partial charge in [-0.15, -0.1) is 0 Å². The van der Waals surface area contributed by atoms with Gasteiger partial charge in [-0.1, -0.05) is 5.16 Å². The zero-order valence-corrected chi connectivity index (χ0v) is 4.88. The number of amidine groups is 1. The van der Waals surface area contributed by atoms with Gasteiger partial charge in [-0.3, -0.25) is 5.41 Å². The van der Waals surface area contributed by atoms with Crippen molar-refractivity contribution in [1.82, 2.24) is 0 Å². The average Bonchev–Trinajstić information content (AvgIpc) is 1.82. The van der Waals surface area contributed by atoms with E-state index in [-0.39, 0.29) is 11.5 Å². The van der Waals surface area contributed by atoms with Crippen LogP contribution in [0, 0.1) is 16.7 Å². The number of nitriles is 1. The Bertz CT molecular complexity index is 177. The first-order valence-electron chi connectivity index (χ1n) is 2.08. The zero-order valence-electron chi connectivity index (χ0n) is 4.88. The summed E-state index contributed by atoms with van der Waals surface area (Å²) in [6.45, 7) is 0. The molecule has 0 saturated heterocycles. The monoisotopic (exact) mass is 126 g/mol. The van der Waals surface area contributed by atoms with Crippen LogP contribution in [0.3, 0.4) is 0 Å². The molecule has 0 aromatic heterocycles. The molecule has 0 aliphatic heterocycles. The van der Waals surface area contributed by atoms with E-state index >= 15 is 0 Å². The van der Waals surface area contributed by atoms with Crippen molar-refractivity contribution in [3.8, 4) is 6.07 Å². The summed E-state index contributed by atoms with van der Waals surface area (Å²) in [6, 6.07) is 1.58. The van der Waals surface area contributed by atoms with Crippen molar-refractivity contribution in [2.75, 3.05) is 7.11 Å². The highest BCUT2D eigenvalue weighted by Gasteiger charge is 1.99. The fourth-order valence-electron chi connectivity index (χ4n) is 0.221. The predicted molar refractivity (Wildman–Crippen MR) is 32.0 cm³/mol. The van der Waals surface area contributed by atoms with E-state index in [0.717, 1.165) is 0 Å². The number of nitrogens with one attached hydrogen (secondary N) is 1. The predicted octanol–water partition coefficient (Wildman–Crippen LogP) is -0.552. The highest BCUT2D eigenvalue weighted by atomic mass is 16.6. The lowest BCUT2D eigenvalue weighted by molar-refractivity contribution is 0.214. The molecule has 5 nitrogen and oxygen atoms in total. The first-order valence-corrected chi connectivity index (χ1v) is 2.08. The molecule has 0 bridgehead atoms. The Morgan fingerprint density at radius 1 is 1.89 bits per heavy atom. The second-order valence-corrected chi connectivity index (χ2v) is 1.15. The van der Waals surface area contributed by atoms with E-state index < -0.39 is 0 Å². The fraction of sp³-hybridized carbons (Fsp3) is 0.250. The molecule has 0 rings (SSSR count). The summed E-state index contributed by atoms with van der Waals surface area (Å²) in [6.07, 6.45) is 0. The summed E-state index contributed by atoms with van der Waals surface area (Å²) in [5.41, 5.74) is 4.67. The summed E-state index contributed by atoms with van der Waals surface area (Å²) in [5.74, 6) is -0.389. The zero-order chi connectivity index (χ0) is 7.28. The second-order valence-electron chi connectivity index (χ2n) is 1.15. The number of nitrogens with zero attached hydrogens (tertiary/aromatic N) is 2. The first kappa shape index (κ1) is 7.43. The molecular formula is C4H6N4O. The lowest BCUT2D eigenvalue weighted by Gasteiger charge is -1.89. The average molecular weight is 126 g/mol. The Balaban J connectivity index is 4.20. The molecule has 3 N–H and O–H groups in total. The maximum absolute atomic E-state index is 8.15. The van der Waals surface area contributed by atoms with Gasteiger partial charge in [0.25, 0.3) is 0 Å². The topological polar surface area (TPSA) is 95.2 Å². The lowest BCUT2D eigenvalue weighted by Crippen LogP contribution is -2.20. The van der Waals surface area contributed by atoms with Gasteiger partial charge in [-0.25, -0.2) is 0 Å². The number of nitrogens with two attached hydrogens (primary N) is 1. The molecule has 0 spiro atoms. The minimum absolute atomic E-state index is 0.211. The molecular weight excluding hydrogens is 120 g/mol. The third-order valence-corrected chi connectivity index (χ3v) is 0.544. The van der Waals surface area contributed by atoms with Gasteiger partial charge in [0.2, 0.25) is 5.71 Å².